The Morgan fingerprint density at radius 3 is 2.39 bits per heavy atom. The molecule has 31 heavy (non-hydrogen) atoms. The van der Waals surface area contributed by atoms with Gasteiger partial charge in [-0.2, -0.15) is 18.2 Å². The van der Waals surface area contributed by atoms with Crippen LogP contribution in [0, 0.1) is 0 Å². The van der Waals surface area contributed by atoms with E-state index in [4.69, 9.17) is 9.88 Å². The molecule has 6 nitrogen and oxygen atoms in total. The van der Waals surface area contributed by atoms with Gasteiger partial charge in [-0.05, 0) is 41.5 Å². The number of hydrogen-bond donors (Lipinski definition) is 2. The number of fused-ring (bicyclic) bond motifs is 1. The minimum Gasteiger partial charge on any atom is -0.460 e. The predicted molar refractivity (Wildman–Crippen MR) is 109 cm³/mol. The first-order chi connectivity index (χ1) is 14.6. The Hall–Kier alpha value is -3.37. The van der Waals surface area contributed by atoms with Crippen molar-refractivity contribution in [2.75, 3.05) is 0 Å². The third-order valence-electron chi connectivity index (χ3n) is 4.62. The van der Waals surface area contributed by atoms with Crippen LogP contribution in [-0.2, 0) is 22.8 Å². The van der Waals surface area contributed by atoms with Crippen LogP contribution in [0.2, 0.25) is 0 Å². The maximum atomic E-state index is 12.6. The van der Waals surface area contributed by atoms with E-state index in [2.05, 4.69) is 9.97 Å². The molecule has 0 amide bonds. The zero-order chi connectivity index (χ0) is 22.2. The van der Waals surface area contributed by atoms with E-state index in [1.807, 2.05) is 0 Å². The highest BCUT2D eigenvalue weighted by Gasteiger charge is 2.29. The highest BCUT2D eigenvalue weighted by molar-refractivity contribution is 7.89. The van der Waals surface area contributed by atoms with E-state index < -0.39 is 21.8 Å². The fourth-order valence-corrected chi connectivity index (χ4v) is 3.87. The molecule has 0 fully saturated rings. The highest BCUT2D eigenvalue weighted by Crippen LogP contribution is 2.30. The number of halogens is 3. The number of benzene rings is 3. The molecule has 0 unspecified atom stereocenters. The number of H-pyrrole nitrogens is 1. The number of nitrogens with zero attached hydrogens (tertiary/aromatic N) is 1. The summed E-state index contributed by atoms with van der Waals surface area (Å²) in [7, 11) is -3.90. The SMILES string of the molecule is NS(=O)(=O)c1ccccc1-c1ccc2[nH]c(OCc3ccc(C(F)(F)F)cc3)nc2c1. The quantitative estimate of drug-likeness (QED) is 0.471. The Kier molecular flexibility index (Phi) is 5.19. The molecule has 160 valence electrons. The van der Waals surface area contributed by atoms with Crippen LogP contribution in [0.1, 0.15) is 11.1 Å². The summed E-state index contributed by atoms with van der Waals surface area (Å²) in [5.41, 5.74) is 2.06. The van der Waals surface area contributed by atoms with Gasteiger partial charge in [0.25, 0.3) is 6.01 Å². The molecule has 4 aromatic rings. The second-order valence-electron chi connectivity index (χ2n) is 6.80. The molecule has 0 atom stereocenters. The monoisotopic (exact) mass is 447 g/mol. The van der Waals surface area contributed by atoms with Crippen molar-refractivity contribution in [3.05, 3.63) is 77.9 Å². The maximum absolute atomic E-state index is 12.6. The number of rotatable bonds is 5. The molecule has 0 aliphatic rings. The standard InChI is InChI=1S/C21H16F3N3O3S/c22-21(23,24)15-8-5-13(6-9-15)12-30-20-26-17-10-7-14(11-18(17)27-20)16-3-1-2-4-19(16)31(25,28)29/h1-11H,12H2,(H,26,27)(H2,25,28,29). The van der Waals surface area contributed by atoms with Gasteiger partial charge in [0.1, 0.15) is 6.61 Å². The molecule has 10 heteroatoms. The van der Waals surface area contributed by atoms with E-state index in [0.29, 0.717) is 27.7 Å². The van der Waals surface area contributed by atoms with E-state index in [1.54, 1.807) is 36.4 Å². The summed E-state index contributed by atoms with van der Waals surface area (Å²) in [4.78, 5) is 7.30. The normalized spacial score (nSPS) is 12.3. The first-order valence-electron chi connectivity index (χ1n) is 9.02. The zero-order valence-corrected chi connectivity index (χ0v) is 16.7. The number of nitrogens with two attached hydrogens (primary N) is 1. The zero-order valence-electron chi connectivity index (χ0n) is 15.8. The largest absolute Gasteiger partial charge is 0.460 e. The van der Waals surface area contributed by atoms with Gasteiger partial charge in [0.05, 0.1) is 21.5 Å². The molecule has 1 aromatic heterocycles. The Labute approximate surface area is 175 Å². The Morgan fingerprint density at radius 1 is 1.00 bits per heavy atom. The summed E-state index contributed by atoms with van der Waals surface area (Å²) in [6.45, 7) is 0.0269. The molecular weight excluding hydrogens is 431 g/mol. The number of aromatic nitrogens is 2. The van der Waals surface area contributed by atoms with Crippen molar-refractivity contribution >= 4 is 21.1 Å². The van der Waals surface area contributed by atoms with Gasteiger partial charge < -0.3 is 9.72 Å². The first kappa shape index (κ1) is 20.9. The summed E-state index contributed by atoms with van der Waals surface area (Å²) in [6.07, 6.45) is -4.39. The lowest BCUT2D eigenvalue weighted by molar-refractivity contribution is -0.137. The number of hydrogen-bond acceptors (Lipinski definition) is 4. The lowest BCUT2D eigenvalue weighted by Gasteiger charge is -2.07. The average Bonchev–Trinajstić information content (AvgIpc) is 3.13. The molecule has 4 rings (SSSR count). The summed E-state index contributed by atoms with van der Waals surface area (Å²) in [6, 6.07) is 16.4. The second kappa shape index (κ2) is 7.71. The number of ether oxygens (including phenoxy) is 1. The molecular formula is C21H16F3N3O3S. The molecule has 3 aromatic carbocycles. The van der Waals surface area contributed by atoms with Gasteiger partial charge in [-0.1, -0.05) is 36.4 Å². The first-order valence-corrected chi connectivity index (χ1v) is 10.6. The summed E-state index contributed by atoms with van der Waals surface area (Å²) < 4.78 is 67.2. The number of sulfonamides is 1. The van der Waals surface area contributed by atoms with Crippen molar-refractivity contribution in [3.8, 4) is 17.1 Å². The molecule has 0 bridgehead atoms. The van der Waals surface area contributed by atoms with Gasteiger partial charge >= 0.3 is 6.18 Å². The number of imidazole rings is 1. The summed E-state index contributed by atoms with van der Waals surface area (Å²) in [5.74, 6) is 0. The minimum absolute atomic E-state index is 0.00339. The van der Waals surface area contributed by atoms with Crippen molar-refractivity contribution in [3.63, 3.8) is 0 Å². The fraction of sp³-hybridized carbons (Fsp3) is 0.0952. The van der Waals surface area contributed by atoms with Crippen LogP contribution in [0.25, 0.3) is 22.2 Å². The maximum Gasteiger partial charge on any atom is 0.416 e. The van der Waals surface area contributed by atoms with E-state index in [1.165, 1.54) is 18.2 Å². The Balaban J connectivity index is 1.56. The van der Waals surface area contributed by atoms with E-state index in [9.17, 15) is 21.6 Å². The molecule has 0 saturated carbocycles. The Morgan fingerprint density at radius 2 is 1.71 bits per heavy atom. The smallest absolute Gasteiger partial charge is 0.416 e. The molecule has 0 aliphatic carbocycles. The highest BCUT2D eigenvalue weighted by atomic mass is 32.2. The van der Waals surface area contributed by atoms with Gasteiger partial charge in [-0.15, -0.1) is 0 Å². The van der Waals surface area contributed by atoms with Crippen molar-refractivity contribution in [2.24, 2.45) is 5.14 Å². The minimum atomic E-state index is -4.39. The van der Waals surface area contributed by atoms with Crippen LogP contribution >= 0.6 is 0 Å². The van der Waals surface area contributed by atoms with Crippen molar-refractivity contribution in [2.45, 2.75) is 17.7 Å². The van der Waals surface area contributed by atoms with Crippen molar-refractivity contribution in [1.29, 1.82) is 0 Å². The lowest BCUT2D eigenvalue weighted by Crippen LogP contribution is -2.13. The average molecular weight is 447 g/mol. The van der Waals surface area contributed by atoms with Gasteiger partial charge in [0.15, 0.2) is 0 Å². The second-order valence-corrected chi connectivity index (χ2v) is 8.33. The fourth-order valence-electron chi connectivity index (χ4n) is 3.11. The number of nitrogens with one attached hydrogen (secondary N) is 1. The third kappa shape index (κ3) is 4.54. The lowest BCUT2D eigenvalue weighted by atomic mass is 10.1. The summed E-state index contributed by atoms with van der Waals surface area (Å²) >= 11 is 0. The van der Waals surface area contributed by atoms with Crippen molar-refractivity contribution < 1.29 is 26.3 Å². The van der Waals surface area contributed by atoms with Crippen LogP contribution in [0.15, 0.2) is 71.6 Å². The van der Waals surface area contributed by atoms with E-state index in [-0.39, 0.29) is 17.5 Å². The van der Waals surface area contributed by atoms with Crippen LogP contribution in [0.5, 0.6) is 6.01 Å². The molecule has 0 saturated heterocycles. The van der Waals surface area contributed by atoms with E-state index >= 15 is 0 Å². The summed E-state index contributed by atoms with van der Waals surface area (Å²) in [5, 5.41) is 5.31. The van der Waals surface area contributed by atoms with Gasteiger partial charge in [0.2, 0.25) is 10.0 Å². The number of aromatic amines is 1. The van der Waals surface area contributed by atoms with Crippen LogP contribution in [0.4, 0.5) is 13.2 Å². The van der Waals surface area contributed by atoms with E-state index in [0.717, 1.165) is 12.1 Å². The van der Waals surface area contributed by atoms with Crippen molar-refractivity contribution in [1.82, 2.24) is 9.97 Å². The molecule has 1 heterocycles. The predicted octanol–water partition coefficient (Wildman–Crippen LogP) is 4.48. The van der Waals surface area contributed by atoms with Crippen LogP contribution in [-0.4, -0.2) is 18.4 Å². The third-order valence-corrected chi connectivity index (χ3v) is 5.59. The molecule has 0 spiro atoms. The van der Waals surface area contributed by atoms with Gasteiger partial charge in [-0.25, -0.2) is 13.6 Å². The molecule has 3 N–H and O–H groups in total. The molecule has 0 radical (unpaired) electrons. The van der Waals surface area contributed by atoms with Crippen LogP contribution < -0.4 is 9.88 Å². The number of alkyl halides is 3. The number of primary sulfonamides is 1. The van der Waals surface area contributed by atoms with Gasteiger partial charge in [-0.3, -0.25) is 0 Å². The Bertz CT molecular complexity index is 1350. The van der Waals surface area contributed by atoms with Crippen LogP contribution in [0.3, 0.4) is 0 Å². The van der Waals surface area contributed by atoms with Gasteiger partial charge in [0, 0.05) is 5.56 Å². The molecule has 0 aliphatic heterocycles. The topological polar surface area (TPSA) is 98.1 Å².